The largest absolute Gasteiger partial charge is 0.497 e. The maximum atomic E-state index is 10.6. The van der Waals surface area contributed by atoms with Crippen molar-refractivity contribution in [2.24, 2.45) is 0 Å². The van der Waals surface area contributed by atoms with Gasteiger partial charge in [-0.25, -0.2) is 0 Å². The van der Waals surface area contributed by atoms with Gasteiger partial charge in [0.05, 0.1) is 19.8 Å². The van der Waals surface area contributed by atoms with E-state index in [1.54, 1.807) is 18.2 Å². The van der Waals surface area contributed by atoms with E-state index in [4.69, 9.17) is 19.0 Å². The molecule has 0 saturated carbocycles. The smallest absolute Gasteiger partial charge is 0.312 e. The molecule has 0 fully saturated rings. The Labute approximate surface area is 108 Å². The highest BCUT2D eigenvalue weighted by Crippen LogP contribution is 2.32. The molecule has 0 bridgehead atoms. The van der Waals surface area contributed by atoms with Gasteiger partial charge in [-0.15, -0.1) is 10.2 Å². The van der Waals surface area contributed by atoms with Crippen molar-refractivity contribution in [2.45, 2.75) is 6.42 Å². The molecule has 1 N–H and O–H groups in total. The van der Waals surface area contributed by atoms with Gasteiger partial charge in [-0.05, 0) is 18.2 Å². The van der Waals surface area contributed by atoms with Crippen LogP contribution in [0, 0.1) is 0 Å². The van der Waals surface area contributed by atoms with Gasteiger partial charge in [0.25, 0.3) is 5.89 Å². The minimum Gasteiger partial charge on any atom is -0.497 e. The molecule has 1 aromatic carbocycles. The topological polar surface area (TPSA) is 94.7 Å². The van der Waals surface area contributed by atoms with Crippen LogP contribution in [-0.2, 0) is 11.2 Å². The summed E-state index contributed by atoms with van der Waals surface area (Å²) in [7, 11) is 3.05. The van der Waals surface area contributed by atoms with Gasteiger partial charge in [0.1, 0.15) is 17.9 Å². The molecule has 0 saturated heterocycles. The number of aromatic nitrogens is 2. The monoisotopic (exact) mass is 264 g/mol. The molecule has 19 heavy (non-hydrogen) atoms. The molecule has 0 aliphatic carbocycles. The van der Waals surface area contributed by atoms with E-state index in [-0.39, 0.29) is 18.2 Å². The molecule has 2 aromatic rings. The average molecular weight is 264 g/mol. The Morgan fingerprint density at radius 2 is 2.11 bits per heavy atom. The van der Waals surface area contributed by atoms with Gasteiger partial charge in [-0.2, -0.15) is 0 Å². The zero-order valence-corrected chi connectivity index (χ0v) is 10.4. The third-order valence-corrected chi connectivity index (χ3v) is 2.41. The molecule has 7 nitrogen and oxygen atoms in total. The Balaban J connectivity index is 2.39. The first-order chi connectivity index (χ1) is 9.13. The van der Waals surface area contributed by atoms with Crippen LogP contribution in [0.2, 0.25) is 0 Å². The van der Waals surface area contributed by atoms with Crippen molar-refractivity contribution in [3.05, 3.63) is 24.1 Å². The summed E-state index contributed by atoms with van der Waals surface area (Å²) in [5.74, 6) is 0.326. The highest BCUT2D eigenvalue weighted by Gasteiger charge is 2.16. The predicted octanol–water partition coefficient (Wildman–Crippen LogP) is 1.38. The average Bonchev–Trinajstić information content (AvgIpc) is 2.85. The summed E-state index contributed by atoms with van der Waals surface area (Å²) in [6.07, 6.45) is -0.320. The number of rotatable bonds is 5. The summed E-state index contributed by atoms with van der Waals surface area (Å²) in [6, 6.07) is 5.11. The predicted molar refractivity (Wildman–Crippen MR) is 64.2 cm³/mol. The normalized spacial score (nSPS) is 10.2. The lowest BCUT2D eigenvalue weighted by Gasteiger charge is -2.06. The number of ether oxygens (including phenoxy) is 2. The van der Waals surface area contributed by atoms with Crippen LogP contribution in [0.1, 0.15) is 5.89 Å². The highest BCUT2D eigenvalue weighted by atomic mass is 16.5. The molecule has 100 valence electrons. The van der Waals surface area contributed by atoms with Crippen LogP contribution in [0.15, 0.2) is 22.6 Å². The molecule has 2 rings (SSSR count). The number of carboxylic acids is 1. The van der Waals surface area contributed by atoms with Gasteiger partial charge < -0.3 is 19.0 Å². The molecule has 0 aliphatic heterocycles. The van der Waals surface area contributed by atoms with Gasteiger partial charge >= 0.3 is 5.97 Å². The van der Waals surface area contributed by atoms with E-state index in [2.05, 4.69) is 10.2 Å². The van der Waals surface area contributed by atoms with Gasteiger partial charge in [0.15, 0.2) is 0 Å². The second kappa shape index (κ2) is 5.38. The maximum Gasteiger partial charge on any atom is 0.312 e. The Bertz CT molecular complexity index is 594. The van der Waals surface area contributed by atoms with Crippen molar-refractivity contribution in [3.63, 3.8) is 0 Å². The van der Waals surface area contributed by atoms with Crippen molar-refractivity contribution in [2.75, 3.05) is 14.2 Å². The van der Waals surface area contributed by atoms with Crippen molar-refractivity contribution >= 4 is 5.97 Å². The number of aliphatic carboxylic acids is 1. The first kappa shape index (κ1) is 12.9. The molecule has 0 unspecified atom stereocenters. The molecular formula is C12H12N2O5. The van der Waals surface area contributed by atoms with Gasteiger partial charge in [0.2, 0.25) is 5.89 Å². The number of carboxylic acid groups (broad SMARTS) is 1. The van der Waals surface area contributed by atoms with Crippen molar-refractivity contribution in [1.29, 1.82) is 0 Å². The first-order valence-electron chi connectivity index (χ1n) is 5.40. The van der Waals surface area contributed by atoms with E-state index < -0.39 is 5.97 Å². The fourth-order valence-electron chi connectivity index (χ4n) is 1.54. The zero-order valence-electron chi connectivity index (χ0n) is 10.4. The SMILES string of the molecule is COc1ccc(OC)c(-c2nnc(CC(=O)O)o2)c1. The molecule has 0 radical (unpaired) electrons. The third-order valence-electron chi connectivity index (χ3n) is 2.41. The first-order valence-corrected chi connectivity index (χ1v) is 5.40. The zero-order chi connectivity index (χ0) is 13.8. The molecule has 0 atom stereocenters. The Kier molecular flexibility index (Phi) is 3.65. The summed E-state index contributed by atoms with van der Waals surface area (Å²) in [4.78, 5) is 10.6. The van der Waals surface area contributed by atoms with Crippen LogP contribution in [0.4, 0.5) is 0 Å². The van der Waals surface area contributed by atoms with Crippen molar-refractivity contribution < 1.29 is 23.8 Å². The highest BCUT2D eigenvalue weighted by molar-refractivity contribution is 5.69. The van der Waals surface area contributed by atoms with E-state index in [0.717, 1.165) is 0 Å². The van der Waals surface area contributed by atoms with E-state index in [9.17, 15) is 4.79 Å². The van der Waals surface area contributed by atoms with Crippen LogP contribution in [0.3, 0.4) is 0 Å². The summed E-state index contributed by atoms with van der Waals surface area (Å²) >= 11 is 0. The van der Waals surface area contributed by atoms with Crippen molar-refractivity contribution in [3.8, 4) is 23.0 Å². The van der Waals surface area contributed by atoms with E-state index >= 15 is 0 Å². The van der Waals surface area contributed by atoms with Crippen LogP contribution in [0.5, 0.6) is 11.5 Å². The van der Waals surface area contributed by atoms with E-state index in [1.165, 1.54) is 14.2 Å². The maximum absolute atomic E-state index is 10.6. The Morgan fingerprint density at radius 1 is 1.32 bits per heavy atom. The quantitative estimate of drug-likeness (QED) is 0.871. The fourth-order valence-corrected chi connectivity index (χ4v) is 1.54. The van der Waals surface area contributed by atoms with Crippen LogP contribution in [-0.4, -0.2) is 35.5 Å². The van der Waals surface area contributed by atoms with Crippen LogP contribution < -0.4 is 9.47 Å². The molecule has 1 heterocycles. The van der Waals surface area contributed by atoms with Gasteiger partial charge in [0, 0.05) is 0 Å². The minimum atomic E-state index is -1.03. The summed E-state index contributed by atoms with van der Waals surface area (Å²) in [5, 5.41) is 16.1. The number of benzene rings is 1. The summed E-state index contributed by atoms with van der Waals surface area (Å²) in [6.45, 7) is 0. The number of nitrogens with zero attached hydrogens (tertiary/aromatic N) is 2. The molecule has 7 heteroatoms. The van der Waals surface area contributed by atoms with E-state index in [0.29, 0.717) is 17.1 Å². The van der Waals surface area contributed by atoms with Crippen LogP contribution in [0.25, 0.3) is 11.5 Å². The number of methoxy groups -OCH3 is 2. The lowest BCUT2D eigenvalue weighted by molar-refractivity contribution is -0.136. The second-order valence-corrected chi connectivity index (χ2v) is 3.64. The standard InChI is InChI=1S/C12H12N2O5/c1-17-7-3-4-9(18-2)8(5-7)12-14-13-10(19-12)6-11(15)16/h3-5H,6H2,1-2H3,(H,15,16). The summed E-state index contributed by atoms with van der Waals surface area (Å²) in [5.41, 5.74) is 0.547. The lowest BCUT2D eigenvalue weighted by atomic mass is 10.2. The molecule has 1 aromatic heterocycles. The van der Waals surface area contributed by atoms with Gasteiger partial charge in [-0.3, -0.25) is 4.79 Å². The number of carbonyl (C=O) groups is 1. The number of hydrogen-bond acceptors (Lipinski definition) is 6. The van der Waals surface area contributed by atoms with Crippen molar-refractivity contribution in [1.82, 2.24) is 10.2 Å². The third kappa shape index (κ3) is 2.82. The van der Waals surface area contributed by atoms with E-state index in [1.807, 2.05) is 0 Å². The molecule has 0 spiro atoms. The Hall–Kier alpha value is -2.57. The van der Waals surface area contributed by atoms with Crippen LogP contribution >= 0.6 is 0 Å². The number of hydrogen-bond donors (Lipinski definition) is 1. The molecule has 0 aliphatic rings. The summed E-state index contributed by atoms with van der Waals surface area (Å²) < 4.78 is 15.6. The lowest BCUT2D eigenvalue weighted by Crippen LogP contribution is -1.99. The second-order valence-electron chi connectivity index (χ2n) is 3.64. The Morgan fingerprint density at radius 3 is 2.74 bits per heavy atom. The van der Waals surface area contributed by atoms with Gasteiger partial charge in [-0.1, -0.05) is 0 Å². The molecule has 0 amide bonds. The minimum absolute atomic E-state index is 0.0346. The fraction of sp³-hybridized carbons (Fsp3) is 0.250. The molecular weight excluding hydrogens is 252 g/mol.